The SMILES string of the molecule is COc1ccc(OC)c([C@H]2CCCN2C(=O)c2cc(C)n(Cc3ccco3)c2C)c1. The normalized spacial score (nSPS) is 16.1. The van der Waals surface area contributed by atoms with Gasteiger partial charge >= 0.3 is 0 Å². The molecule has 0 radical (unpaired) electrons. The second kappa shape index (κ2) is 8.30. The quantitative estimate of drug-likeness (QED) is 0.591. The molecule has 2 aromatic heterocycles. The maximum Gasteiger partial charge on any atom is 0.256 e. The van der Waals surface area contributed by atoms with Crippen LogP contribution in [-0.2, 0) is 6.54 Å². The van der Waals surface area contributed by atoms with Crippen molar-refractivity contribution in [1.29, 1.82) is 0 Å². The topological polar surface area (TPSA) is 56.8 Å². The zero-order valence-electron chi connectivity index (χ0n) is 18.0. The molecular formula is C24H28N2O4. The summed E-state index contributed by atoms with van der Waals surface area (Å²) < 4.78 is 18.6. The Kier molecular flexibility index (Phi) is 5.57. The van der Waals surface area contributed by atoms with Gasteiger partial charge in [-0.05, 0) is 63.1 Å². The van der Waals surface area contributed by atoms with E-state index in [4.69, 9.17) is 13.9 Å². The number of nitrogens with zero attached hydrogens (tertiary/aromatic N) is 2. The van der Waals surface area contributed by atoms with Crippen LogP contribution in [0.5, 0.6) is 11.5 Å². The van der Waals surface area contributed by atoms with Gasteiger partial charge in [0.2, 0.25) is 0 Å². The monoisotopic (exact) mass is 408 g/mol. The fourth-order valence-electron chi connectivity index (χ4n) is 4.41. The molecule has 1 aliphatic rings. The number of hydrogen-bond acceptors (Lipinski definition) is 4. The highest BCUT2D eigenvalue weighted by Gasteiger charge is 2.34. The van der Waals surface area contributed by atoms with Gasteiger partial charge in [-0.1, -0.05) is 0 Å². The van der Waals surface area contributed by atoms with Crippen LogP contribution in [0, 0.1) is 13.8 Å². The van der Waals surface area contributed by atoms with E-state index in [-0.39, 0.29) is 11.9 Å². The molecule has 3 aromatic rings. The summed E-state index contributed by atoms with van der Waals surface area (Å²) in [5, 5.41) is 0. The number of carbonyl (C=O) groups is 1. The summed E-state index contributed by atoms with van der Waals surface area (Å²) >= 11 is 0. The number of furan rings is 1. The molecule has 0 saturated carbocycles. The van der Waals surface area contributed by atoms with E-state index < -0.39 is 0 Å². The maximum atomic E-state index is 13.6. The summed E-state index contributed by atoms with van der Waals surface area (Å²) in [5.74, 6) is 2.47. The van der Waals surface area contributed by atoms with Crippen LogP contribution in [0.15, 0.2) is 47.1 Å². The molecule has 1 fully saturated rings. The van der Waals surface area contributed by atoms with Gasteiger partial charge in [-0.2, -0.15) is 0 Å². The number of hydrogen-bond donors (Lipinski definition) is 0. The minimum Gasteiger partial charge on any atom is -0.497 e. The molecule has 1 saturated heterocycles. The van der Waals surface area contributed by atoms with Crippen molar-refractivity contribution in [3.63, 3.8) is 0 Å². The molecule has 0 unspecified atom stereocenters. The second-order valence-corrected chi connectivity index (χ2v) is 7.71. The molecule has 158 valence electrons. The molecule has 3 heterocycles. The first-order chi connectivity index (χ1) is 14.5. The van der Waals surface area contributed by atoms with Crippen LogP contribution >= 0.6 is 0 Å². The predicted octanol–water partition coefficient (Wildman–Crippen LogP) is 4.74. The summed E-state index contributed by atoms with van der Waals surface area (Å²) in [6, 6.07) is 11.6. The molecule has 0 spiro atoms. The number of aromatic nitrogens is 1. The maximum absolute atomic E-state index is 13.6. The molecule has 0 bridgehead atoms. The summed E-state index contributed by atoms with van der Waals surface area (Å²) in [7, 11) is 3.31. The van der Waals surface area contributed by atoms with Crippen molar-refractivity contribution in [3.05, 3.63) is 70.9 Å². The Morgan fingerprint density at radius 3 is 2.70 bits per heavy atom. The average Bonchev–Trinajstić information content (AvgIpc) is 3.50. The van der Waals surface area contributed by atoms with Crippen molar-refractivity contribution >= 4 is 5.91 Å². The van der Waals surface area contributed by atoms with Crippen molar-refractivity contribution in [2.75, 3.05) is 20.8 Å². The lowest BCUT2D eigenvalue weighted by atomic mass is 10.0. The Morgan fingerprint density at radius 2 is 2.00 bits per heavy atom. The molecule has 6 nitrogen and oxygen atoms in total. The van der Waals surface area contributed by atoms with E-state index in [1.165, 1.54) is 0 Å². The lowest BCUT2D eigenvalue weighted by Crippen LogP contribution is -2.31. The Balaban J connectivity index is 1.65. The minimum atomic E-state index is -0.0318. The smallest absolute Gasteiger partial charge is 0.256 e. The number of rotatable bonds is 6. The molecule has 1 amide bonds. The van der Waals surface area contributed by atoms with E-state index in [1.807, 2.05) is 55.1 Å². The summed E-state index contributed by atoms with van der Waals surface area (Å²) in [4.78, 5) is 15.6. The second-order valence-electron chi connectivity index (χ2n) is 7.71. The van der Waals surface area contributed by atoms with Gasteiger partial charge in [0.15, 0.2) is 0 Å². The highest BCUT2D eigenvalue weighted by atomic mass is 16.5. The van der Waals surface area contributed by atoms with Crippen molar-refractivity contribution in [2.45, 2.75) is 39.3 Å². The summed E-state index contributed by atoms with van der Waals surface area (Å²) in [6.45, 7) is 5.37. The van der Waals surface area contributed by atoms with E-state index in [0.717, 1.165) is 59.2 Å². The van der Waals surface area contributed by atoms with E-state index in [0.29, 0.717) is 6.54 Å². The third-order valence-electron chi connectivity index (χ3n) is 6.01. The Bertz CT molecular complexity index is 1040. The van der Waals surface area contributed by atoms with Crippen LogP contribution in [0.3, 0.4) is 0 Å². The van der Waals surface area contributed by atoms with Crippen LogP contribution in [-0.4, -0.2) is 36.1 Å². The number of amides is 1. The van der Waals surface area contributed by atoms with Gasteiger partial charge in [-0.3, -0.25) is 4.79 Å². The molecule has 1 aromatic carbocycles. The van der Waals surface area contributed by atoms with Crippen LogP contribution in [0.1, 0.15) is 52.0 Å². The van der Waals surface area contributed by atoms with Crippen molar-refractivity contribution < 1.29 is 18.7 Å². The molecular weight excluding hydrogens is 380 g/mol. The number of methoxy groups -OCH3 is 2. The Labute approximate surface area is 177 Å². The molecule has 0 aliphatic carbocycles. The van der Waals surface area contributed by atoms with E-state index in [2.05, 4.69) is 4.57 Å². The van der Waals surface area contributed by atoms with Gasteiger partial charge in [0.1, 0.15) is 17.3 Å². The van der Waals surface area contributed by atoms with Gasteiger partial charge in [-0.25, -0.2) is 0 Å². The van der Waals surface area contributed by atoms with E-state index in [9.17, 15) is 4.79 Å². The van der Waals surface area contributed by atoms with Crippen LogP contribution in [0.2, 0.25) is 0 Å². The van der Waals surface area contributed by atoms with Crippen LogP contribution < -0.4 is 9.47 Å². The number of ether oxygens (including phenoxy) is 2. The lowest BCUT2D eigenvalue weighted by molar-refractivity contribution is 0.0733. The fraction of sp³-hybridized carbons (Fsp3) is 0.375. The number of benzene rings is 1. The largest absolute Gasteiger partial charge is 0.497 e. The molecule has 30 heavy (non-hydrogen) atoms. The standard InChI is InChI=1S/C24H28N2O4/c1-16-13-20(17(2)26(16)15-19-7-6-12-30-19)24(27)25-11-5-8-22(25)21-14-18(28-3)9-10-23(21)29-4/h6-7,9-10,12-14,22H,5,8,11,15H2,1-4H3/t22-/m1/s1. The van der Waals surface area contributed by atoms with Gasteiger partial charge < -0.3 is 23.4 Å². The van der Waals surface area contributed by atoms with E-state index >= 15 is 0 Å². The van der Waals surface area contributed by atoms with Gasteiger partial charge in [0.05, 0.1) is 38.6 Å². The first-order valence-corrected chi connectivity index (χ1v) is 10.3. The van der Waals surface area contributed by atoms with Crippen molar-refractivity contribution in [2.24, 2.45) is 0 Å². The first-order valence-electron chi connectivity index (χ1n) is 10.3. The van der Waals surface area contributed by atoms with Gasteiger partial charge in [0.25, 0.3) is 5.91 Å². The van der Waals surface area contributed by atoms with Crippen LogP contribution in [0.25, 0.3) is 0 Å². The summed E-state index contributed by atoms with van der Waals surface area (Å²) in [5.41, 5.74) is 3.74. The Hall–Kier alpha value is -3.15. The zero-order valence-corrected chi connectivity index (χ0v) is 18.0. The number of carbonyl (C=O) groups excluding carboxylic acids is 1. The molecule has 1 aliphatic heterocycles. The third kappa shape index (κ3) is 3.58. The highest BCUT2D eigenvalue weighted by Crippen LogP contribution is 2.40. The highest BCUT2D eigenvalue weighted by molar-refractivity contribution is 5.96. The van der Waals surface area contributed by atoms with Crippen molar-refractivity contribution in [1.82, 2.24) is 9.47 Å². The fourth-order valence-corrected chi connectivity index (χ4v) is 4.41. The zero-order chi connectivity index (χ0) is 21.3. The van der Waals surface area contributed by atoms with Crippen LogP contribution in [0.4, 0.5) is 0 Å². The van der Waals surface area contributed by atoms with E-state index in [1.54, 1.807) is 20.5 Å². The molecule has 6 heteroatoms. The molecule has 1 atom stereocenters. The molecule has 0 N–H and O–H groups in total. The Morgan fingerprint density at radius 1 is 1.17 bits per heavy atom. The van der Waals surface area contributed by atoms with Gasteiger partial charge in [0, 0.05) is 23.5 Å². The summed E-state index contributed by atoms with van der Waals surface area (Å²) in [6.07, 6.45) is 3.54. The average molecular weight is 408 g/mol. The third-order valence-corrected chi connectivity index (χ3v) is 6.01. The number of aryl methyl sites for hydroxylation is 1. The van der Waals surface area contributed by atoms with Gasteiger partial charge in [-0.15, -0.1) is 0 Å². The minimum absolute atomic E-state index is 0.0318. The number of likely N-dealkylation sites (tertiary alicyclic amines) is 1. The predicted molar refractivity (Wildman–Crippen MR) is 114 cm³/mol. The molecule has 4 rings (SSSR count). The van der Waals surface area contributed by atoms with Crippen molar-refractivity contribution in [3.8, 4) is 11.5 Å². The first kappa shape index (κ1) is 20.1. The lowest BCUT2D eigenvalue weighted by Gasteiger charge is -2.27.